The van der Waals surface area contributed by atoms with E-state index in [1.54, 1.807) is 7.11 Å². The van der Waals surface area contributed by atoms with Crippen molar-refractivity contribution in [3.05, 3.63) is 29.8 Å². The predicted molar refractivity (Wildman–Crippen MR) is 70.6 cm³/mol. The zero-order valence-electron chi connectivity index (χ0n) is 10.7. The second kappa shape index (κ2) is 6.31. The van der Waals surface area contributed by atoms with E-state index in [1.807, 2.05) is 24.3 Å². The van der Waals surface area contributed by atoms with E-state index in [-0.39, 0.29) is 18.4 Å². The molecule has 2 amide bonds. The largest absolute Gasteiger partial charge is 0.380 e. The summed E-state index contributed by atoms with van der Waals surface area (Å²) in [6, 6.07) is 7.07. The van der Waals surface area contributed by atoms with Gasteiger partial charge in [0.1, 0.15) is 6.04 Å². The van der Waals surface area contributed by atoms with Gasteiger partial charge in [0.2, 0.25) is 11.8 Å². The second-order valence-corrected chi connectivity index (χ2v) is 4.36. The maximum absolute atomic E-state index is 12.0. The summed E-state index contributed by atoms with van der Waals surface area (Å²) >= 11 is 0. The minimum absolute atomic E-state index is 0.0915. The van der Waals surface area contributed by atoms with Gasteiger partial charge in [0, 0.05) is 19.3 Å². The van der Waals surface area contributed by atoms with Crippen LogP contribution in [0.1, 0.15) is 5.56 Å². The molecular formula is C13H17N3O3. The average Bonchev–Trinajstić information content (AvgIpc) is 2.40. The highest BCUT2D eigenvalue weighted by molar-refractivity contribution is 5.96. The van der Waals surface area contributed by atoms with Gasteiger partial charge in [-0.2, -0.15) is 0 Å². The monoisotopic (exact) mass is 263 g/mol. The highest BCUT2D eigenvalue weighted by Gasteiger charge is 2.23. The molecule has 0 radical (unpaired) electrons. The Hall–Kier alpha value is -1.92. The van der Waals surface area contributed by atoms with Crippen molar-refractivity contribution in [3.8, 4) is 0 Å². The summed E-state index contributed by atoms with van der Waals surface area (Å²) in [6.45, 7) is 0.978. The van der Waals surface area contributed by atoms with Gasteiger partial charge in [0.25, 0.3) is 0 Å². The quantitative estimate of drug-likeness (QED) is 0.706. The minimum atomic E-state index is -0.399. The number of amides is 2. The Bertz CT molecular complexity index is 466. The molecule has 6 nitrogen and oxygen atoms in total. The molecule has 6 heteroatoms. The third kappa shape index (κ3) is 3.77. The molecule has 1 aliphatic rings. The van der Waals surface area contributed by atoms with Crippen molar-refractivity contribution in [1.82, 2.24) is 10.6 Å². The number of piperazine rings is 1. The number of carbonyl (C=O) groups is 2. The minimum Gasteiger partial charge on any atom is -0.380 e. The van der Waals surface area contributed by atoms with Gasteiger partial charge in [-0.15, -0.1) is 0 Å². The molecule has 102 valence electrons. The lowest BCUT2D eigenvalue weighted by Crippen LogP contribution is -2.56. The van der Waals surface area contributed by atoms with Gasteiger partial charge >= 0.3 is 0 Å². The summed E-state index contributed by atoms with van der Waals surface area (Å²) in [7, 11) is 1.62. The summed E-state index contributed by atoms with van der Waals surface area (Å²) in [6.07, 6.45) is 0. The van der Waals surface area contributed by atoms with Crippen molar-refractivity contribution in [2.45, 2.75) is 12.6 Å². The molecule has 0 bridgehead atoms. The fourth-order valence-corrected chi connectivity index (χ4v) is 1.89. The van der Waals surface area contributed by atoms with Crippen molar-refractivity contribution in [2.75, 3.05) is 25.5 Å². The summed E-state index contributed by atoms with van der Waals surface area (Å²) in [4.78, 5) is 23.0. The lowest BCUT2D eigenvalue weighted by Gasteiger charge is -2.23. The molecule has 1 aliphatic heterocycles. The Morgan fingerprint density at radius 2 is 2.37 bits per heavy atom. The Morgan fingerprint density at radius 3 is 3.05 bits per heavy atom. The number of methoxy groups -OCH3 is 1. The summed E-state index contributed by atoms with van der Waals surface area (Å²) in [5.41, 5.74) is 1.71. The molecule has 0 aromatic heterocycles. The molecule has 0 spiro atoms. The first-order valence-corrected chi connectivity index (χ1v) is 6.08. The van der Waals surface area contributed by atoms with Gasteiger partial charge in [-0.1, -0.05) is 12.1 Å². The topological polar surface area (TPSA) is 79.5 Å². The van der Waals surface area contributed by atoms with E-state index in [2.05, 4.69) is 16.0 Å². The first-order chi connectivity index (χ1) is 9.19. The van der Waals surface area contributed by atoms with Crippen LogP contribution in [-0.2, 0) is 20.9 Å². The number of ether oxygens (including phenoxy) is 1. The van der Waals surface area contributed by atoms with E-state index in [0.29, 0.717) is 13.2 Å². The van der Waals surface area contributed by atoms with Gasteiger partial charge in [0.15, 0.2) is 0 Å². The molecule has 19 heavy (non-hydrogen) atoms. The maximum atomic E-state index is 12.0. The van der Waals surface area contributed by atoms with E-state index in [1.165, 1.54) is 0 Å². The Balaban J connectivity index is 1.94. The first-order valence-electron chi connectivity index (χ1n) is 6.08. The first kappa shape index (κ1) is 13.5. The van der Waals surface area contributed by atoms with Crippen LogP contribution in [0, 0.1) is 0 Å². The van der Waals surface area contributed by atoms with E-state index < -0.39 is 6.04 Å². The zero-order valence-corrected chi connectivity index (χ0v) is 10.7. The molecule has 1 fully saturated rings. The molecule has 1 heterocycles. The number of hydrogen-bond acceptors (Lipinski definition) is 4. The van der Waals surface area contributed by atoms with Crippen LogP contribution in [-0.4, -0.2) is 38.1 Å². The van der Waals surface area contributed by atoms with Crippen LogP contribution >= 0.6 is 0 Å². The summed E-state index contributed by atoms with van der Waals surface area (Å²) in [5.74, 6) is -0.249. The van der Waals surface area contributed by atoms with Gasteiger partial charge < -0.3 is 15.4 Å². The molecule has 1 atom stereocenters. The average molecular weight is 263 g/mol. The van der Waals surface area contributed by atoms with Crippen molar-refractivity contribution >= 4 is 17.5 Å². The molecule has 1 aromatic rings. The normalized spacial score (nSPS) is 18.8. The van der Waals surface area contributed by atoms with E-state index in [4.69, 9.17) is 4.74 Å². The van der Waals surface area contributed by atoms with Gasteiger partial charge in [-0.05, 0) is 17.7 Å². The maximum Gasteiger partial charge on any atom is 0.243 e. The van der Waals surface area contributed by atoms with Crippen LogP contribution in [0.15, 0.2) is 24.3 Å². The molecule has 1 unspecified atom stereocenters. The Labute approximate surface area is 111 Å². The lowest BCUT2D eigenvalue weighted by atomic mass is 10.2. The number of benzene rings is 1. The summed E-state index contributed by atoms with van der Waals surface area (Å²) < 4.78 is 5.04. The molecule has 0 aliphatic carbocycles. The molecule has 1 saturated heterocycles. The van der Waals surface area contributed by atoms with E-state index >= 15 is 0 Å². The second-order valence-electron chi connectivity index (χ2n) is 4.36. The third-order valence-electron chi connectivity index (χ3n) is 2.83. The smallest absolute Gasteiger partial charge is 0.243 e. The van der Waals surface area contributed by atoms with Crippen LogP contribution in [0.2, 0.25) is 0 Å². The van der Waals surface area contributed by atoms with Crippen molar-refractivity contribution < 1.29 is 14.3 Å². The molecule has 3 N–H and O–H groups in total. The highest BCUT2D eigenvalue weighted by Crippen LogP contribution is 2.11. The highest BCUT2D eigenvalue weighted by atomic mass is 16.5. The van der Waals surface area contributed by atoms with E-state index in [0.717, 1.165) is 11.3 Å². The van der Waals surface area contributed by atoms with Crippen LogP contribution in [0.3, 0.4) is 0 Å². The third-order valence-corrected chi connectivity index (χ3v) is 2.83. The number of anilines is 1. The zero-order chi connectivity index (χ0) is 13.7. The van der Waals surface area contributed by atoms with Gasteiger partial charge in [-0.3, -0.25) is 14.9 Å². The van der Waals surface area contributed by atoms with Crippen LogP contribution in [0.25, 0.3) is 0 Å². The van der Waals surface area contributed by atoms with Crippen LogP contribution in [0.4, 0.5) is 5.69 Å². The van der Waals surface area contributed by atoms with Crippen LogP contribution < -0.4 is 16.0 Å². The van der Waals surface area contributed by atoms with Crippen LogP contribution in [0.5, 0.6) is 0 Å². The fraction of sp³-hybridized carbons (Fsp3) is 0.385. The molecule has 0 saturated carbocycles. The van der Waals surface area contributed by atoms with Crippen molar-refractivity contribution in [3.63, 3.8) is 0 Å². The van der Waals surface area contributed by atoms with Gasteiger partial charge in [0.05, 0.1) is 13.2 Å². The number of carbonyl (C=O) groups excluding carboxylic acids is 2. The lowest BCUT2D eigenvalue weighted by molar-refractivity contribution is -0.124. The standard InChI is InChI=1S/C13H17N3O3/c1-19-8-9-3-2-4-10(5-9)16-13(18)11-6-15-12(17)7-14-11/h2-5,11,14H,6-8H2,1H3,(H,15,17)(H,16,18). The SMILES string of the molecule is COCc1cccc(NC(=O)C2CNC(=O)CN2)c1. The fourth-order valence-electron chi connectivity index (χ4n) is 1.89. The number of rotatable bonds is 4. The summed E-state index contributed by atoms with van der Waals surface area (Å²) in [5, 5.41) is 8.35. The molecular weight excluding hydrogens is 246 g/mol. The number of nitrogens with one attached hydrogen (secondary N) is 3. The molecule has 1 aromatic carbocycles. The number of hydrogen-bond donors (Lipinski definition) is 3. The Kier molecular flexibility index (Phi) is 4.48. The predicted octanol–water partition coefficient (Wildman–Crippen LogP) is -0.140. The van der Waals surface area contributed by atoms with Crippen molar-refractivity contribution in [2.24, 2.45) is 0 Å². The van der Waals surface area contributed by atoms with E-state index in [9.17, 15) is 9.59 Å². The van der Waals surface area contributed by atoms with Gasteiger partial charge in [-0.25, -0.2) is 0 Å². The molecule has 2 rings (SSSR count). The Morgan fingerprint density at radius 1 is 1.53 bits per heavy atom. The van der Waals surface area contributed by atoms with Crippen molar-refractivity contribution in [1.29, 1.82) is 0 Å².